The summed E-state index contributed by atoms with van der Waals surface area (Å²) in [6.45, 7) is 2.55. The monoisotopic (exact) mass is 416 g/mol. The molecule has 0 aliphatic carbocycles. The van der Waals surface area contributed by atoms with Gasteiger partial charge in [0.25, 0.3) is 0 Å². The van der Waals surface area contributed by atoms with Gasteiger partial charge in [0.2, 0.25) is 15.9 Å². The van der Waals surface area contributed by atoms with Crippen molar-refractivity contribution < 1.29 is 23.1 Å². The van der Waals surface area contributed by atoms with E-state index in [-0.39, 0.29) is 11.3 Å². The van der Waals surface area contributed by atoms with Gasteiger partial charge in [0.05, 0.1) is 10.3 Å². The van der Waals surface area contributed by atoms with Crippen molar-refractivity contribution >= 4 is 27.6 Å². The van der Waals surface area contributed by atoms with Crippen LogP contribution in [0.1, 0.15) is 31.7 Å². The Morgan fingerprint density at radius 2 is 1.62 bits per heavy atom. The number of carboxylic acid groups (broad SMARTS) is 1. The number of carbonyl (C=O) groups excluding carboxylic acids is 1. The molecule has 2 aromatic rings. The molecular formula is C21H24N2O5S. The largest absolute Gasteiger partial charge is 0.481 e. The van der Waals surface area contributed by atoms with E-state index in [4.69, 9.17) is 0 Å². The fourth-order valence-electron chi connectivity index (χ4n) is 3.42. The second-order valence-electron chi connectivity index (χ2n) is 7.36. The lowest BCUT2D eigenvalue weighted by molar-refractivity contribution is -0.145. The summed E-state index contributed by atoms with van der Waals surface area (Å²) in [4.78, 5) is 24.5. The first-order chi connectivity index (χ1) is 13.7. The number of benzene rings is 2. The highest BCUT2D eigenvalue weighted by Crippen LogP contribution is 2.29. The zero-order valence-electron chi connectivity index (χ0n) is 16.2. The highest BCUT2D eigenvalue weighted by molar-refractivity contribution is 7.89. The van der Waals surface area contributed by atoms with Crippen molar-refractivity contribution in [2.45, 2.75) is 36.5 Å². The minimum absolute atomic E-state index is 0.178. The van der Waals surface area contributed by atoms with Crippen LogP contribution in [0.4, 0.5) is 5.69 Å². The minimum atomic E-state index is -3.52. The number of nitrogens with zero attached hydrogens (tertiary/aromatic N) is 1. The Kier molecular flexibility index (Phi) is 6.04. The third-order valence-corrected chi connectivity index (χ3v) is 7.15. The van der Waals surface area contributed by atoms with E-state index in [1.165, 1.54) is 35.5 Å². The second-order valence-corrected chi connectivity index (χ2v) is 9.30. The van der Waals surface area contributed by atoms with Gasteiger partial charge in [0.1, 0.15) is 0 Å². The quantitative estimate of drug-likeness (QED) is 0.722. The zero-order chi connectivity index (χ0) is 21.1. The van der Waals surface area contributed by atoms with E-state index in [1.54, 1.807) is 30.3 Å². The third-order valence-electron chi connectivity index (χ3n) is 5.24. The molecule has 1 aliphatic rings. The number of hydrogen-bond donors (Lipinski definition) is 2. The molecule has 1 aliphatic heterocycles. The molecule has 0 bridgehead atoms. The average molecular weight is 416 g/mol. The second kappa shape index (κ2) is 8.34. The fourth-order valence-corrected chi connectivity index (χ4v) is 4.94. The molecular weight excluding hydrogens is 392 g/mol. The van der Waals surface area contributed by atoms with E-state index < -0.39 is 27.3 Å². The molecule has 1 fully saturated rings. The lowest BCUT2D eigenvalue weighted by atomic mass is 9.79. The van der Waals surface area contributed by atoms with Crippen LogP contribution in [0.3, 0.4) is 0 Å². The average Bonchev–Trinajstić information content (AvgIpc) is 3.24. The van der Waals surface area contributed by atoms with Gasteiger partial charge >= 0.3 is 5.97 Å². The van der Waals surface area contributed by atoms with E-state index >= 15 is 0 Å². The van der Waals surface area contributed by atoms with E-state index in [9.17, 15) is 23.1 Å². The van der Waals surface area contributed by atoms with Crippen LogP contribution in [-0.2, 0) is 25.0 Å². The first-order valence-electron chi connectivity index (χ1n) is 9.42. The van der Waals surface area contributed by atoms with Crippen LogP contribution in [0, 0.1) is 0 Å². The Hall–Kier alpha value is -2.71. The maximum atomic E-state index is 12.6. The van der Waals surface area contributed by atoms with Gasteiger partial charge in [-0.2, -0.15) is 4.31 Å². The van der Waals surface area contributed by atoms with Crippen LogP contribution >= 0.6 is 0 Å². The predicted molar refractivity (Wildman–Crippen MR) is 109 cm³/mol. The fraction of sp³-hybridized carbons (Fsp3) is 0.333. The molecule has 0 unspecified atom stereocenters. The maximum Gasteiger partial charge on any atom is 0.314 e. The summed E-state index contributed by atoms with van der Waals surface area (Å²) < 4.78 is 26.6. The molecule has 2 N–H and O–H groups in total. The van der Waals surface area contributed by atoms with Crippen molar-refractivity contribution in [2.24, 2.45) is 0 Å². The number of carboxylic acids is 1. The van der Waals surface area contributed by atoms with Gasteiger partial charge in [0, 0.05) is 25.2 Å². The van der Waals surface area contributed by atoms with Crippen LogP contribution in [-0.4, -0.2) is 42.8 Å². The zero-order valence-corrected chi connectivity index (χ0v) is 17.0. The summed E-state index contributed by atoms with van der Waals surface area (Å²) in [5, 5.41) is 12.3. The number of anilines is 1. The van der Waals surface area contributed by atoms with Crippen molar-refractivity contribution in [2.75, 3.05) is 18.4 Å². The van der Waals surface area contributed by atoms with Gasteiger partial charge in [-0.15, -0.1) is 0 Å². The molecule has 1 atom stereocenters. The standard InChI is InChI=1S/C21H24N2O5S/c1-21(20(25)26,16-7-3-2-4-8-16)15-19(24)22-17-9-11-18(12-10-17)29(27,28)23-13-5-6-14-23/h2-4,7-12H,5-6,13-15H2,1H3,(H,22,24)(H,25,26)/t21-/m1/s1. The van der Waals surface area contributed by atoms with Crippen molar-refractivity contribution in [1.82, 2.24) is 4.31 Å². The summed E-state index contributed by atoms with van der Waals surface area (Å²) in [5.74, 6) is -1.56. The molecule has 7 nitrogen and oxygen atoms in total. The van der Waals surface area contributed by atoms with Crippen LogP contribution < -0.4 is 5.32 Å². The molecule has 29 heavy (non-hydrogen) atoms. The first-order valence-corrected chi connectivity index (χ1v) is 10.9. The minimum Gasteiger partial charge on any atom is -0.481 e. The van der Waals surface area contributed by atoms with Crippen molar-refractivity contribution in [1.29, 1.82) is 0 Å². The molecule has 1 amide bonds. The van der Waals surface area contributed by atoms with Gasteiger partial charge in [-0.25, -0.2) is 8.42 Å². The number of hydrogen-bond acceptors (Lipinski definition) is 4. The highest BCUT2D eigenvalue weighted by atomic mass is 32.2. The van der Waals surface area contributed by atoms with Crippen molar-refractivity contribution in [3.8, 4) is 0 Å². The van der Waals surface area contributed by atoms with E-state index in [2.05, 4.69) is 5.32 Å². The van der Waals surface area contributed by atoms with E-state index in [0.717, 1.165) is 12.8 Å². The van der Waals surface area contributed by atoms with E-state index in [0.29, 0.717) is 24.3 Å². The Morgan fingerprint density at radius 3 is 2.17 bits per heavy atom. The Morgan fingerprint density at radius 1 is 1.03 bits per heavy atom. The topological polar surface area (TPSA) is 104 Å². The van der Waals surface area contributed by atoms with Gasteiger partial charge in [-0.05, 0) is 49.6 Å². The highest BCUT2D eigenvalue weighted by Gasteiger charge is 2.37. The van der Waals surface area contributed by atoms with E-state index in [1.807, 2.05) is 0 Å². The van der Waals surface area contributed by atoms with Crippen molar-refractivity contribution in [3.63, 3.8) is 0 Å². The predicted octanol–water partition coefficient (Wildman–Crippen LogP) is 2.84. The van der Waals surface area contributed by atoms with Crippen LogP contribution in [0.15, 0.2) is 59.5 Å². The Balaban J connectivity index is 1.71. The smallest absolute Gasteiger partial charge is 0.314 e. The SMILES string of the molecule is C[C@](CC(=O)Nc1ccc(S(=O)(=O)N2CCCC2)cc1)(C(=O)O)c1ccccc1. The van der Waals surface area contributed by atoms with Gasteiger partial charge in [-0.3, -0.25) is 9.59 Å². The summed E-state index contributed by atoms with van der Waals surface area (Å²) >= 11 is 0. The summed E-state index contributed by atoms with van der Waals surface area (Å²) in [5.41, 5.74) is -0.421. The number of aliphatic carboxylic acids is 1. The molecule has 0 aromatic heterocycles. The Bertz CT molecular complexity index is 983. The van der Waals surface area contributed by atoms with Crippen LogP contribution in [0.2, 0.25) is 0 Å². The van der Waals surface area contributed by atoms with Gasteiger partial charge in [0.15, 0.2) is 0 Å². The number of amides is 1. The van der Waals surface area contributed by atoms with Crippen molar-refractivity contribution in [3.05, 3.63) is 60.2 Å². The van der Waals surface area contributed by atoms with Crippen LogP contribution in [0.25, 0.3) is 0 Å². The summed E-state index contributed by atoms with van der Waals surface area (Å²) in [6.07, 6.45) is 1.47. The third kappa shape index (κ3) is 4.49. The maximum absolute atomic E-state index is 12.6. The number of carbonyl (C=O) groups is 2. The summed E-state index contributed by atoms with van der Waals surface area (Å²) in [6, 6.07) is 14.5. The normalized spacial score (nSPS) is 16.9. The number of nitrogens with one attached hydrogen (secondary N) is 1. The Labute approximate surface area is 170 Å². The molecule has 1 heterocycles. The number of rotatable bonds is 7. The van der Waals surface area contributed by atoms with Gasteiger partial charge in [-0.1, -0.05) is 30.3 Å². The molecule has 1 saturated heterocycles. The summed E-state index contributed by atoms with van der Waals surface area (Å²) in [7, 11) is -3.52. The molecule has 154 valence electrons. The lowest BCUT2D eigenvalue weighted by Crippen LogP contribution is -2.36. The molecule has 8 heteroatoms. The molecule has 0 radical (unpaired) electrons. The lowest BCUT2D eigenvalue weighted by Gasteiger charge is -2.24. The number of sulfonamides is 1. The molecule has 0 spiro atoms. The molecule has 0 saturated carbocycles. The molecule has 2 aromatic carbocycles. The first kappa shape index (κ1) is 21.0. The molecule has 3 rings (SSSR count). The van der Waals surface area contributed by atoms with Crippen LogP contribution in [0.5, 0.6) is 0 Å². The van der Waals surface area contributed by atoms with Gasteiger partial charge < -0.3 is 10.4 Å².